The average Bonchev–Trinajstić information content (AvgIpc) is 2.38. The fraction of sp³-hybridized carbons (Fsp3) is 0.308. The van der Waals surface area contributed by atoms with Gasteiger partial charge in [-0.05, 0) is 24.6 Å². The first-order valence-corrected chi connectivity index (χ1v) is 6.72. The van der Waals surface area contributed by atoms with Crippen LogP contribution in [0.2, 0.25) is 10.0 Å². The SMILES string of the molecule is CC1C(=O)NC(=O)CN1C(=O)Cc1c(Cl)cccc1Cl. The average molecular weight is 315 g/mol. The van der Waals surface area contributed by atoms with E-state index in [0.29, 0.717) is 15.6 Å². The van der Waals surface area contributed by atoms with Crippen LogP contribution in [0.5, 0.6) is 0 Å². The zero-order valence-corrected chi connectivity index (χ0v) is 12.2. The van der Waals surface area contributed by atoms with Crippen LogP contribution in [0.4, 0.5) is 0 Å². The molecule has 7 heteroatoms. The molecule has 1 aliphatic heterocycles. The first-order chi connectivity index (χ1) is 9.40. The van der Waals surface area contributed by atoms with Gasteiger partial charge in [0.1, 0.15) is 12.6 Å². The van der Waals surface area contributed by atoms with Crippen molar-refractivity contribution in [2.75, 3.05) is 6.54 Å². The summed E-state index contributed by atoms with van der Waals surface area (Å²) in [6.45, 7) is 1.42. The summed E-state index contributed by atoms with van der Waals surface area (Å²) in [6, 6.07) is 4.25. The molecule has 3 amide bonds. The lowest BCUT2D eigenvalue weighted by Crippen LogP contribution is -2.58. The Morgan fingerprint density at radius 1 is 1.35 bits per heavy atom. The summed E-state index contributed by atoms with van der Waals surface area (Å²) in [4.78, 5) is 36.3. The van der Waals surface area contributed by atoms with Gasteiger partial charge in [0, 0.05) is 10.0 Å². The van der Waals surface area contributed by atoms with Crippen LogP contribution in [0, 0.1) is 0 Å². The molecule has 1 aliphatic rings. The van der Waals surface area contributed by atoms with Crippen molar-refractivity contribution in [1.29, 1.82) is 0 Å². The molecule has 1 aromatic rings. The van der Waals surface area contributed by atoms with Crippen LogP contribution < -0.4 is 5.32 Å². The number of carbonyl (C=O) groups is 3. The Morgan fingerprint density at radius 2 is 1.95 bits per heavy atom. The Kier molecular flexibility index (Phi) is 4.30. The van der Waals surface area contributed by atoms with Crippen LogP contribution in [0.25, 0.3) is 0 Å². The molecule has 0 bridgehead atoms. The van der Waals surface area contributed by atoms with Crippen LogP contribution in [-0.2, 0) is 20.8 Å². The minimum absolute atomic E-state index is 0.0522. The number of nitrogens with zero attached hydrogens (tertiary/aromatic N) is 1. The first kappa shape index (κ1) is 14.8. The number of hydrogen-bond donors (Lipinski definition) is 1. The molecule has 106 valence electrons. The van der Waals surface area contributed by atoms with E-state index in [-0.39, 0.29) is 18.9 Å². The van der Waals surface area contributed by atoms with E-state index in [4.69, 9.17) is 23.2 Å². The molecule has 1 N–H and O–H groups in total. The maximum absolute atomic E-state index is 12.2. The van der Waals surface area contributed by atoms with E-state index < -0.39 is 17.9 Å². The van der Waals surface area contributed by atoms with E-state index in [1.54, 1.807) is 25.1 Å². The lowest BCUT2D eigenvalue weighted by Gasteiger charge is -2.31. The molecule has 1 fully saturated rings. The molecule has 0 radical (unpaired) electrons. The van der Waals surface area contributed by atoms with Gasteiger partial charge in [-0.15, -0.1) is 0 Å². The smallest absolute Gasteiger partial charge is 0.249 e. The second-order valence-corrected chi connectivity index (χ2v) is 5.30. The topological polar surface area (TPSA) is 66.5 Å². The second kappa shape index (κ2) is 5.81. The summed E-state index contributed by atoms with van der Waals surface area (Å²) < 4.78 is 0. The maximum Gasteiger partial charge on any atom is 0.249 e. The normalized spacial score (nSPS) is 18.9. The Morgan fingerprint density at radius 3 is 2.55 bits per heavy atom. The van der Waals surface area contributed by atoms with Crippen LogP contribution in [0.15, 0.2) is 18.2 Å². The summed E-state index contributed by atoms with van der Waals surface area (Å²) in [6.07, 6.45) is -0.0522. The van der Waals surface area contributed by atoms with Gasteiger partial charge in [-0.3, -0.25) is 19.7 Å². The molecular weight excluding hydrogens is 303 g/mol. The molecule has 1 saturated heterocycles. The molecule has 5 nitrogen and oxygen atoms in total. The number of benzene rings is 1. The number of halogens is 2. The highest BCUT2D eigenvalue weighted by Crippen LogP contribution is 2.25. The van der Waals surface area contributed by atoms with E-state index in [9.17, 15) is 14.4 Å². The molecule has 0 spiro atoms. The standard InChI is InChI=1S/C13H12Cl2N2O3/c1-7-13(20)16-11(18)6-17(7)12(19)5-8-9(14)3-2-4-10(8)15/h2-4,7H,5-6H2,1H3,(H,16,18,20). The van der Waals surface area contributed by atoms with Crippen LogP contribution in [0.1, 0.15) is 12.5 Å². The largest absolute Gasteiger partial charge is 0.321 e. The quantitative estimate of drug-likeness (QED) is 0.839. The summed E-state index contributed by atoms with van der Waals surface area (Å²) in [7, 11) is 0. The summed E-state index contributed by atoms with van der Waals surface area (Å²) in [5.74, 6) is -1.35. The van der Waals surface area contributed by atoms with Crippen molar-refractivity contribution in [1.82, 2.24) is 10.2 Å². The maximum atomic E-state index is 12.2. The van der Waals surface area contributed by atoms with Crippen LogP contribution in [-0.4, -0.2) is 35.2 Å². The van der Waals surface area contributed by atoms with Gasteiger partial charge in [0.2, 0.25) is 17.7 Å². The highest BCUT2D eigenvalue weighted by atomic mass is 35.5. The van der Waals surface area contributed by atoms with E-state index >= 15 is 0 Å². The van der Waals surface area contributed by atoms with Gasteiger partial charge in [0.05, 0.1) is 6.42 Å². The van der Waals surface area contributed by atoms with Crippen LogP contribution >= 0.6 is 23.2 Å². The molecule has 20 heavy (non-hydrogen) atoms. The molecule has 1 aromatic carbocycles. The van der Waals surface area contributed by atoms with E-state index in [0.717, 1.165) is 0 Å². The highest BCUT2D eigenvalue weighted by Gasteiger charge is 2.33. The molecule has 1 atom stereocenters. The van der Waals surface area contributed by atoms with Crippen molar-refractivity contribution in [3.63, 3.8) is 0 Å². The summed E-state index contributed by atoms with van der Waals surface area (Å²) in [5.41, 5.74) is 0.492. The van der Waals surface area contributed by atoms with Crippen molar-refractivity contribution in [2.24, 2.45) is 0 Å². The Hall–Kier alpha value is -1.59. The minimum Gasteiger partial charge on any atom is -0.321 e. The molecule has 1 unspecified atom stereocenters. The number of imide groups is 1. The Bertz CT molecular complexity index is 569. The van der Waals surface area contributed by atoms with Gasteiger partial charge in [-0.1, -0.05) is 29.3 Å². The number of rotatable bonds is 2. The van der Waals surface area contributed by atoms with Gasteiger partial charge in [0.25, 0.3) is 0 Å². The molecule has 1 heterocycles. The number of amides is 3. The van der Waals surface area contributed by atoms with E-state index in [1.807, 2.05) is 0 Å². The summed E-state index contributed by atoms with van der Waals surface area (Å²) in [5, 5.41) is 2.94. The predicted molar refractivity (Wildman–Crippen MR) is 74.5 cm³/mol. The van der Waals surface area contributed by atoms with Crippen molar-refractivity contribution >= 4 is 40.9 Å². The lowest BCUT2D eigenvalue weighted by atomic mass is 10.1. The third kappa shape index (κ3) is 2.94. The minimum atomic E-state index is -0.693. The third-order valence-corrected chi connectivity index (χ3v) is 3.84. The monoisotopic (exact) mass is 314 g/mol. The van der Waals surface area contributed by atoms with Gasteiger partial charge in [-0.25, -0.2) is 0 Å². The van der Waals surface area contributed by atoms with Crippen molar-refractivity contribution in [3.8, 4) is 0 Å². The number of piperazine rings is 1. The lowest BCUT2D eigenvalue weighted by molar-refractivity contribution is -0.149. The highest BCUT2D eigenvalue weighted by molar-refractivity contribution is 6.36. The van der Waals surface area contributed by atoms with E-state index in [2.05, 4.69) is 5.32 Å². The van der Waals surface area contributed by atoms with Gasteiger partial charge >= 0.3 is 0 Å². The van der Waals surface area contributed by atoms with Crippen molar-refractivity contribution < 1.29 is 14.4 Å². The van der Waals surface area contributed by atoms with Gasteiger partial charge in [-0.2, -0.15) is 0 Å². The molecule has 0 aliphatic carbocycles. The number of hydrogen-bond acceptors (Lipinski definition) is 3. The zero-order valence-electron chi connectivity index (χ0n) is 10.7. The van der Waals surface area contributed by atoms with E-state index in [1.165, 1.54) is 4.90 Å². The Balaban J connectivity index is 2.19. The Labute approximate surface area is 125 Å². The first-order valence-electron chi connectivity index (χ1n) is 5.96. The van der Waals surface area contributed by atoms with Crippen molar-refractivity contribution in [3.05, 3.63) is 33.8 Å². The molecule has 2 rings (SSSR count). The third-order valence-electron chi connectivity index (χ3n) is 3.13. The van der Waals surface area contributed by atoms with Gasteiger partial charge in [0.15, 0.2) is 0 Å². The molecule has 0 saturated carbocycles. The number of carbonyl (C=O) groups excluding carboxylic acids is 3. The predicted octanol–water partition coefficient (Wildman–Crippen LogP) is 1.41. The number of nitrogens with one attached hydrogen (secondary N) is 1. The fourth-order valence-corrected chi connectivity index (χ4v) is 2.50. The molecule has 0 aromatic heterocycles. The van der Waals surface area contributed by atoms with Crippen molar-refractivity contribution in [2.45, 2.75) is 19.4 Å². The molecular formula is C13H12Cl2N2O3. The second-order valence-electron chi connectivity index (χ2n) is 4.49. The summed E-state index contributed by atoms with van der Waals surface area (Å²) >= 11 is 12.0. The van der Waals surface area contributed by atoms with Gasteiger partial charge < -0.3 is 4.90 Å². The van der Waals surface area contributed by atoms with Crippen LogP contribution in [0.3, 0.4) is 0 Å². The fourth-order valence-electron chi connectivity index (χ4n) is 1.97. The zero-order chi connectivity index (χ0) is 14.9.